The molecule has 0 radical (unpaired) electrons. The van der Waals surface area contributed by atoms with Crippen molar-refractivity contribution in [2.75, 3.05) is 38.0 Å². The largest absolute Gasteiger partial charge is 0.331 e. The number of carbonyl (C=O) groups is 2. The second-order valence-electron chi connectivity index (χ2n) is 6.08. The van der Waals surface area contributed by atoms with Crippen LogP contribution in [0.3, 0.4) is 0 Å². The fourth-order valence-corrected chi connectivity index (χ4v) is 2.77. The molecule has 5 nitrogen and oxygen atoms in total. The van der Waals surface area contributed by atoms with Crippen LogP contribution < -0.4 is 10.2 Å². The van der Waals surface area contributed by atoms with Gasteiger partial charge in [0.05, 0.1) is 26.2 Å². The average molecular weight is 306 g/mol. The summed E-state index contributed by atoms with van der Waals surface area (Å²) in [5.74, 6) is 0.154. The summed E-state index contributed by atoms with van der Waals surface area (Å²) < 4.78 is 12.8. The molecule has 2 fully saturated rings. The summed E-state index contributed by atoms with van der Waals surface area (Å²) in [5.41, 5.74) is 0.605. The molecule has 6 heteroatoms. The van der Waals surface area contributed by atoms with Crippen LogP contribution in [0.25, 0.3) is 0 Å². The Hall–Kier alpha value is -1.95. The van der Waals surface area contributed by atoms with Crippen molar-refractivity contribution in [3.05, 3.63) is 30.1 Å². The fraction of sp³-hybridized carbons (Fsp3) is 0.500. The van der Waals surface area contributed by atoms with E-state index >= 15 is 0 Å². The van der Waals surface area contributed by atoms with E-state index in [1.165, 1.54) is 17.0 Å². The van der Waals surface area contributed by atoms with Crippen LogP contribution in [0, 0.1) is 11.7 Å². The summed E-state index contributed by atoms with van der Waals surface area (Å²) in [4.78, 5) is 27.1. The Morgan fingerprint density at radius 2 is 1.82 bits per heavy atom. The Labute approximate surface area is 129 Å². The number of anilines is 1. The van der Waals surface area contributed by atoms with Crippen LogP contribution in [0.15, 0.2) is 24.3 Å². The summed E-state index contributed by atoms with van der Waals surface area (Å²) in [6.07, 6.45) is 2.07. The zero-order valence-electron chi connectivity index (χ0n) is 12.5. The van der Waals surface area contributed by atoms with Crippen molar-refractivity contribution in [2.24, 2.45) is 5.92 Å². The van der Waals surface area contributed by atoms with E-state index < -0.39 is 0 Å². The Kier molecular flexibility index (Phi) is 4.38. The Morgan fingerprint density at radius 3 is 2.41 bits per heavy atom. The molecule has 1 saturated carbocycles. The van der Waals surface area contributed by atoms with Crippen molar-refractivity contribution < 1.29 is 18.9 Å². The number of hydrogen-bond donors (Lipinski definition) is 2. The number of amides is 2. The van der Waals surface area contributed by atoms with Crippen LogP contribution in [0.2, 0.25) is 0 Å². The molecule has 0 bridgehead atoms. The van der Waals surface area contributed by atoms with Crippen molar-refractivity contribution in [3.8, 4) is 0 Å². The highest BCUT2D eigenvalue weighted by molar-refractivity contribution is 5.91. The number of nitrogens with one attached hydrogen (secondary N) is 2. The first-order valence-electron chi connectivity index (χ1n) is 7.79. The van der Waals surface area contributed by atoms with Gasteiger partial charge in [-0.1, -0.05) is 0 Å². The van der Waals surface area contributed by atoms with Gasteiger partial charge in [-0.2, -0.15) is 0 Å². The monoisotopic (exact) mass is 306 g/mol. The lowest BCUT2D eigenvalue weighted by molar-refractivity contribution is -0.895. The number of hydrogen-bond acceptors (Lipinski definition) is 2. The molecule has 1 aromatic carbocycles. The minimum Gasteiger partial charge on any atom is -0.331 e. The molecule has 3 rings (SSSR count). The molecule has 118 valence electrons. The van der Waals surface area contributed by atoms with E-state index in [1.807, 2.05) is 4.90 Å². The molecule has 22 heavy (non-hydrogen) atoms. The van der Waals surface area contributed by atoms with Gasteiger partial charge in [0, 0.05) is 11.6 Å². The van der Waals surface area contributed by atoms with Gasteiger partial charge in [-0.05, 0) is 37.1 Å². The van der Waals surface area contributed by atoms with Gasteiger partial charge >= 0.3 is 0 Å². The molecule has 1 aliphatic heterocycles. The number of carbonyl (C=O) groups excluding carboxylic acids is 2. The predicted octanol–water partition coefficient (Wildman–Crippen LogP) is -0.0987. The van der Waals surface area contributed by atoms with E-state index in [0.29, 0.717) is 12.2 Å². The second-order valence-corrected chi connectivity index (χ2v) is 6.08. The van der Waals surface area contributed by atoms with Crippen LogP contribution in [-0.4, -0.2) is 49.4 Å². The summed E-state index contributed by atoms with van der Waals surface area (Å²) in [5, 5.41) is 2.77. The third kappa shape index (κ3) is 3.82. The predicted molar refractivity (Wildman–Crippen MR) is 79.9 cm³/mol. The molecule has 0 unspecified atom stereocenters. The van der Waals surface area contributed by atoms with Crippen LogP contribution in [0.1, 0.15) is 12.8 Å². The first-order valence-corrected chi connectivity index (χ1v) is 7.79. The highest BCUT2D eigenvalue weighted by Crippen LogP contribution is 2.30. The SMILES string of the molecule is O=C(C[NH+]1CCN(C(=O)C2CC2)CC1)Nc1ccc(F)cc1. The van der Waals surface area contributed by atoms with Gasteiger partial charge in [-0.15, -0.1) is 0 Å². The molecule has 1 aromatic rings. The second kappa shape index (κ2) is 6.44. The maximum atomic E-state index is 12.8. The number of halogens is 1. The summed E-state index contributed by atoms with van der Waals surface area (Å²) >= 11 is 0. The topological polar surface area (TPSA) is 53.9 Å². The first-order chi connectivity index (χ1) is 10.6. The van der Waals surface area contributed by atoms with E-state index in [4.69, 9.17) is 0 Å². The molecule has 1 aliphatic carbocycles. The van der Waals surface area contributed by atoms with E-state index in [2.05, 4.69) is 5.32 Å². The molecule has 2 N–H and O–H groups in total. The van der Waals surface area contributed by atoms with E-state index in [-0.39, 0.29) is 23.5 Å². The maximum Gasteiger partial charge on any atom is 0.279 e. The van der Waals surface area contributed by atoms with E-state index in [1.54, 1.807) is 12.1 Å². The van der Waals surface area contributed by atoms with Gasteiger partial charge in [0.15, 0.2) is 6.54 Å². The van der Waals surface area contributed by atoms with Gasteiger partial charge in [0.25, 0.3) is 5.91 Å². The molecule has 0 atom stereocenters. The maximum absolute atomic E-state index is 12.8. The van der Waals surface area contributed by atoms with Gasteiger partial charge in [-0.3, -0.25) is 9.59 Å². The standard InChI is InChI=1S/C16H20FN3O2/c17-13-3-5-14(6-4-13)18-15(21)11-19-7-9-20(10-8-19)16(22)12-1-2-12/h3-6,12H,1-2,7-11H2,(H,18,21)/p+1. The van der Waals surface area contributed by atoms with Crippen molar-refractivity contribution >= 4 is 17.5 Å². The van der Waals surface area contributed by atoms with E-state index in [0.717, 1.165) is 39.0 Å². The highest BCUT2D eigenvalue weighted by Gasteiger charge is 2.35. The van der Waals surface area contributed by atoms with Crippen molar-refractivity contribution in [2.45, 2.75) is 12.8 Å². The van der Waals surface area contributed by atoms with Crippen LogP contribution in [-0.2, 0) is 9.59 Å². The van der Waals surface area contributed by atoms with Gasteiger partial charge < -0.3 is 15.1 Å². The molecule has 0 spiro atoms. The molecule has 1 saturated heterocycles. The lowest BCUT2D eigenvalue weighted by atomic mass is 10.2. The van der Waals surface area contributed by atoms with Crippen LogP contribution in [0.4, 0.5) is 10.1 Å². The first kappa shape index (κ1) is 15.0. The number of benzene rings is 1. The third-order valence-corrected chi connectivity index (χ3v) is 4.25. The minimum absolute atomic E-state index is 0.0800. The molecule has 1 heterocycles. The summed E-state index contributed by atoms with van der Waals surface area (Å²) in [6.45, 7) is 3.44. The molecular weight excluding hydrogens is 285 g/mol. The highest BCUT2D eigenvalue weighted by atomic mass is 19.1. The molecule has 2 amide bonds. The van der Waals surface area contributed by atoms with Gasteiger partial charge in [0.1, 0.15) is 5.82 Å². The zero-order valence-corrected chi connectivity index (χ0v) is 12.5. The molecule has 2 aliphatic rings. The minimum atomic E-state index is -0.319. The summed E-state index contributed by atoms with van der Waals surface area (Å²) in [7, 11) is 0. The third-order valence-electron chi connectivity index (χ3n) is 4.25. The lowest BCUT2D eigenvalue weighted by Crippen LogP contribution is -3.15. The zero-order chi connectivity index (χ0) is 15.5. The fourth-order valence-electron chi connectivity index (χ4n) is 2.77. The van der Waals surface area contributed by atoms with Crippen molar-refractivity contribution in [3.63, 3.8) is 0 Å². The number of quaternary nitrogens is 1. The normalized spacial score (nSPS) is 19.0. The van der Waals surface area contributed by atoms with Crippen molar-refractivity contribution in [1.82, 2.24) is 4.90 Å². The van der Waals surface area contributed by atoms with Crippen molar-refractivity contribution in [1.29, 1.82) is 0 Å². The Bertz CT molecular complexity index is 549. The Balaban J connectivity index is 1.43. The van der Waals surface area contributed by atoms with Crippen LogP contribution >= 0.6 is 0 Å². The summed E-state index contributed by atoms with van der Waals surface area (Å²) in [6, 6.07) is 5.75. The number of piperazine rings is 1. The number of nitrogens with zero attached hydrogens (tertiary/aromatic N) is 1. The molecular formula is C16H21FN3O2+. The van der Waals surface area contributed by atoms with Gasteiger partial charge in [-0.25, -0.2) is 4.39 Å². The van der Waals surface area contributed by atoms with Crippen LogP contribution in [0.5, 0.6) is 0 Å². The lowest BCUT2D eigenvalue weighted by Gasteiger charge is -2.32. The van der Waals surface area contributed by atoms with E-state index in [9.17, 15) is 14.0 Å². The average Bonchev–Trinajstić information content (AvgIpc) is 3.34. The smallest absolute Gasteiger partial charge is 0.279 e. The number of rotatable bonds is 4. The van der Waals surface area contributed by atoms with Gasteiger partial charge in [0.2, 0.25) is 5.91 Å². The molecule has 0 aromatic heterocycles. The Morgan fingerprint density at radius 1 is 1.18 bits per heavy atom. The quantitative estimate of drug-likeness (QED) is 0.816.